The fourth-order valence-electron chi connectivity index (χ4n) is 4.69. The standard InChI is InChI=1S/C27H26N2O4P2/c1-2-13-29-16-12-25-24-9-8-22(21-10-14-28(15-11-21)17-18-34(30,31)32)19-26(24)35(33,27(25)20-29)23-6-4-3-5-7-23/h3-12,14-16,19-20H,2,13,17-18H2,1H3/p+2. The van der Waals surface area contributed by atoms with E-state index in [2.05, 4.69) is 36.0 Å². The van der Waals surface area contributed by atoms with Crippen LogP contribution in [0.5, 0.6) is 0 Å². The minimum atomic E-state index is -4.04. The van der Waals surface area contributed by atoms with Crippen molar-refractivity contribution in [3.8, 4) is 22.3 Å². The summed E-state index contributed by atoms with van der Waals surface area (Å²) in [6.07, 6.45) is 8.55. The highest BCUT2D eigenvalue weighted by Gasteiger charge is 2.42. The molecule has 178 valence electrons. The summed E-state index contributed by atoms with van der Waals surface area (Å²) >= 11 is 0. The number of fused-ring (bicyclic) bond motifs is 3. The third-order valence-electron chi connectivity index (χ3n) is 6.44. The molecule has 1 atom stereocenters. The van der Waals surface area contributed by atoms with Crippen molar-refractivity contribution in [2.75, 3.05) is 6.16 Å². The summed E-state index contributed by atoms with van der Waals surface area (Å²) in [5.74, 6) is 0. The molecule has 5 rings (SSSR count). The molecule has 0 radical (unpaired) electrons. The maximum atomic E-state index is 14.9. The zero-order valence-electron chi connectivity index (χ0n) is 19.5. The van der Waals surface area contributed by atoms with Crippen LogP contribution < -0.4 is 25.0 Å². The van der Waals surface area contributed by atoms with E-state index in [4.69, 9.17) is 9.79 Å². The normalized spacial score (nSPS) is 16.7. The fourth-order valence-corrected chi connectivity index (χ4v) is 8.29. The van der Waals surface area contributed by atoms with Crippen LogP contribution in [0, 0.1) is 0 Å². The van der Waals surface area contributed by atoms with E-state index in [1.165, 1.54) is 0 Å². The third kappa shape index (κ3) is 4.55. The second-order valence-electron chi connectivity index (χ2n) is 8.87. The lowest BCUT2D eigenvalue weighted by molar-refractivity contribution is -0.696. The molecule has 1 aliphatic heterocycles. The van der Waals surface area contributed by atoms with Gasteiger partial charge < -0.3 is 14.4 Å². The van der Waals surface area contributed by atoms with Gasteiger partial charge in [-0.15, -0.1) is 0 Å². The second kappa shape index (κ2) is 9.29. The van der Waals surface area contributed by atoms with Crippen molar-refractivity contribution in [3.05, 3.63) is 91.5 Å². The van der Waals surface area contributed by atoms with Crippen molar-refractivity contribution < 1.29 is 28.1 Å². The van der Waals surface area contributed by atoms with E-state index in [1.807, 2.05) is 67.0 Å². The highest BCUT2D eigenvalue weighted by Crippen LogP contribution is 2.52. The zero-order chi connectivity index (χ0) is 24.6. The van der Waals surface area contributed by atoms with Gasteiger partial charge in [-0.2, -0.15) is 0 Å². The van der Waals surface area contributed by atoms with Gasteiger partial charge in [-0.3, -0.25) is 4.57 Å². The molecule has 6 nitrogen and oxygen atoms in total. The average Bonchev–Trinajstić information content (AvgIpc) is 3.12. The number of aryl methyl sites for hydroxylation is 2. The molecule has 2 N–H and O–H groups in total. The van der Waals surface area contributed by atoms with Crippen LogP contribution in [0.25, 0.3) is 22.3 Å². The Morgan fingerprint density at radius 3 is 2.17 bits per heavy atom. The summed E-state index contributed by atoms with van der Waals surface area (Å²) in [4.78, 5) is 18.3. The van der Waals surface area contributed by atoms with E-state index < -0.39 is 14.7 Å². The summed E-state index contributed by atoms with van der Waals surface area (Å²) in [6, 6.07) is 21.8. The molecule has 0 saturated heterocycles. The second-order valence-corrected chi connectivity index (χ2v) is 13.3. The summed E-state index contributed by atoms with van der Waals surface area (Å²) in [5, 5.41) is 2.56. The fraction of sp³-hybridized carbons (Fsp3) is 0.185. The first-order valence-electron chi connectivity index (χ1n) is 11.7. The number of aromatic nitrogens is 2. The Morgan fingerprint density at radius 2 is 1.49 bits per heavy atom. The summed E-state index contributed by atoms with van der Waals surface area (Å²) in [7, 11) is -7.10. The topological polar surface area (TPSA) is 82.4 Å². The first-order chi connectivity index (χ1) is 16.8. The Kier molecular flexibility index (Phi) is 6.33. The highest BCUT2D eigenvalue weighted by atomic mass is 31.2. The van der Waals surface area contributed by atoms with Gasteiger partial charge in [-0.1, -0.05) is 49.4 Å². The molecular weight excluding hydrogens is 478 g/mol. The molecule has 0 saturated carbocycles. The molecule has 1 aliphatic rings. The number of benzene rings is 2. The molecule has 0 bridgehead atoms. The monoisotopic (exact) mass is 506 g/mol. The first-order valence-corrected chi connectivity index (χ1v) is 15.2. The van der Waals surface area contributed by atoms with Gasteiger partial charge in [0.25, 0.3) is 0 Å². The Labute approximate surface area is 205 Å². The lowest BCUT2D eigenvalue weighted by Gasteiger charge is -2.15. The first kappa shape index (κ1) is 23.8. The van der Waals surface area contributed by atoms with Crippen LogP contribution in [0.2, 0.25) is 0 Å². The Morgan fingerprint density at radius 1 is 0.800 bits per heavy atom. The molecule has 0 amide bonds. The van der Waals surface area contributed by atoms with Gasteiger partial charge in [0.05, 0.1) is 5.30 Å². The van der Waals surface area contributed by atoms with E-state index in [0.717, 1.165) is 51.1 Å². The zero-order valence-corrected chi connectivity index (χ0v) is 21.3. The third-order valence-corrected chi connectivity index (χ3v) is 10.3. The van der Waals surface area contributed by atoms with Crippen molar-refractivity contribution in [1.82, 2.24) is 0 Å². The van der Waals surface area contributed by atoms with Crippen LogP contribution in [0.3, 0.4) is 0 Å². The quantitative estimate of drug-likeness (QED) is 0.263. The predicted octanol–water partition coefficient (Wildman–Crippen LogP) is 3.14. The van der Waals surface area contributed by atoms with Crippen molar-refractivity contribution in [2.24, 2.45) is 0 Å². The molecule has 35 heavy (non-hydrogen) atoms. The van der Waals surface area contributed by atoms with E-state index in [1.54, 1.807) is 4.57 Å². The number of hydrogen-bond donors (Lipinski definition) is 2. The summed E-state index contributed by atoms with van der Waals surface area (Å²) in [5.41, 5.74) is 3.94. The van der Waals surface area contributed by atoms with Crippen LogP contribution in [-0.2, 0) is 22.2 Å². The van der Waals surface area contributed by atoms with Crippen LogP contribution in [0.15, 0.2) is 91.5 Å². The smallest absolute Gasteiger partial charge is 0.324 e. The number of pyridine rings is 2. The molecule has 2 aromatic carbocycles. The van der Waals surface area contributed by atoms with E-state index >= 15 is 0 Å². The Hall–Kier alpha value is -2.88. The van der Waals surface area contributed by atoms with Crippen LogP contribution in [0.1, 0.15) is 13.3 Å². The molecule has 3 heterocycles. The average molecular weight is 506 g/mol. The van der Waals surface area contributed by atoms with Gasteiger partial charge in [0.1, 0.15) is 12.7 Å². The van der Waals surface area contributed by atoms with Crippen molar-refractivity contribution >= 4 is 30.7 Å². The minimum absolute atomic E-state index is 0.202. The van der Waals surface area contributed by atoms with Crippen LogP contribution in [-0.4, -0.2) is 15.9 Å². The van der Waals surface area contributed by atoms with Crippen LogP contribution >= 0.6 is 14.7 Å². The largest absolute Gasteiger partial charge is 0.331 e. The molecule has 0 aliphatic carbocycles. The molecule has 1 unspecified atom stereocenters. The van der Waals surface area contributed by atoms with Gasteiger partial charge in [0.15, 0.2) is 38.5 Å². The SMILES string of the molecule is CCC[n+]1ccc2c(c1)P(=O)(c1ccccc1)c1cc(-c3cc[n+](CCP(=O)(O)O)cc3)ccc1-2. The van der Waals surface area contributed by atoms with E-state index in [-0.39, 0.29) is 12.7 Å². The molecule has 4 aromatic rings. The predicted molar refractivity (Wildman–Crippen MR) is 138 cm³/mol. The van der Waals surface area contributed by atoms with E-state index in [9.17, 15) is 9.13 Å². The lowest BCUT2D eigenvalue weighted by Crippen LogP contribution is -2.37. The molecular formula is C27H28N2O4P2+2. The highest BCUT2D eigenvalue weighted by molar-refractivity contribution is 7.86. The Balaban J connectivity index is 1.59. The van der Waals surface area contributed by atoms with Gasteiger partial charge >= 0.3 is 7.60 Å². The van der Waals surface area contributed by atoms with Gasteiger partial charge in [0.2, 0.25) is 0 Å². The van der Waals surface area contributed by atoms with Crippen molar-refractivity contribution in [1.29, 1.82) is 0 Å². The van der Waals surface area contributed by atoms with Crippen molar-refractivity contribution in [3.63, 3.8) is 0 Å². The molecule has 8 heteroatoms. The molecule has 2 aromatic heterocycles. The maximum Gasteiger partial charge on any atom is 0.331 e. The van der Waals surface area contributed by atoms with Crippen LogP contribution in [0.4, 0.5) is 0 Å². The molecule has 0 fully saturated rings. The Bertz CT molecular complexity index is 1480. The summed E-state index contributed by atoms with van der Waals surface area (Å²) < 4.78 is 30.0. The number of nitrogens with zero attached hydrogens (tertiary/aromatic N) is 2. The number of rotatable bonds is 7. The molecule has 0 spiro atoms. The van der Waals surface area contributed by atoms with Crippen molar-refractivity contribution in [2.45, 2.75) is 26.4 Å². The maximum absolute atomic E-state index is 14.9. The van der Waals surface area contributed by atoms with Gasteiger partial charge in [-0.05, 0) is 22.8 Å². The number of hydrogen-bond acceptors (Lipinski definition) is 2. The summed E-state index contributed by atoms with van der Waals surface area (Å²) in [6.45, 7) is 3.24. The lowest BCUT2D eigenvalue weighted by atomic mass is 10.0. The minimum Gasteiger partial charge on any atom is -0.324 e. The van der Waals surface area contributed by atoms with Gasteiger partial charge in [-0.25, -0.2) is 9.13 Å². The van der Waals surface area contributed by atoms with Gasteiger partial charge in [0, 0.05) is 40.8 Å². The van der Waals surface area contributed by atoms with E-state index in [0.29, 0.717) is 0 Å².